The number of hydrogen-bond donors (Lipinski definition) is 5. The number of fused-ring (bicyclic) bond motifs is 1. The van der Waals surface area contributed by atoms with E-state index in [0.717, 1.165) is 58.7 Å². The number of phenolic OH excluding ortho intramolecular Hbond substituents is 1. The third-order valence-electron chi connectivity index (χ3n) is 9.13. The molecule has 5 atom stereocenters. The number of aliphatic carboxylic acids is 1. The van der Waals surface area contributed by atoms with Crippen LogP contribution in [0.1, 0.15) is 36.8 Å². The van der Waals surface area contributed by atoms with Gasteiger partial charge in [-0.05, 0) is 104 Å². The van der Waals surface area contributed by atoms with Crippen LogP contribution in [-0.4, -0.2) is 97.9 Å². The highest BCUT2D eigenvalue weighted by atomic mass is 16.7. The molecule has 11 heteroatoms. The van der Waals surface area contributed by atoms with E-state index in [9.17, 15) is 30.3 Å². The zero-order chi connectivity index (χ0) is 33.1. The molecule has 0 amide bonds. The second-order valence-electron chi connectivity index (χ2n) is 12.4. The second-order valence-corrected chi connectivity index (χ2v) is 12.4. The van der Waals surface area contributed by atoms with Crippen molar-refractivity contribution >= 4 is 16.9 Å². The zero-order valence-corrected chi connectivity index (χ0v) is 26.4. The van der Waals surface area contributed by atoms with E-state index in [-0.39, 0.29) is 11.5 Å². The van der Waals surface area contributed by atoms with Crippen LogP contribution >= 0.6 is 0 Å². The Morgan fingerprint density at radius 2 is 1.55 bits per heavy atom. The molecule has 2 fully saturated rings. The minimum Gasteiger partial charge on any atom is -0.508 e. The van der Waals surface area contributed by atoms with Crippen LogP contribution in [0.25, 0.3) is 22.2 Å². The predicted octanol–water partition coefficient (Wildman–Crippen LogP) is 3.90. The van der Waals surface area contributed by atoms with Crippen LogP contribution in [0, 0.1) is 6.92 Å². The average Bonchev–Trinajstić information content (AvgIpc) is 3.19. The summed E-state index contributed by atoms with van der Waals surface area (Å²) in [5.74, 6) is -0.198. The molecule has 6 rings (SSSR count). The first kappa shape index (κ1) is 32.8. The van der Waals surface area contributed by atoms with Crippen molar-refractivity contribution in [3.8, 4) is 28.5 Å². The molecule has 0 spiro atoms. The third-order valence-corrected chi connectivity index (χ3v) is 9.13. The fourth-order valence-electron chi connectivity index (χ4n) is 6.55. The quantitative estimate of drug-likeness (QED) is 0.171. The summed E-state index contributed by atoms with van der Waals surface area (Å²) < 4.78 is 19.2. The van der Waals surface area contributed by atoms with Crippen molar-refractivity contribution in [1.82, 2.24) is 9.47 Å². The monoisotopic (exact) mass is 646 g/mol. The van der Waals surface area contributed by atoms with Crippen molar-refractivity contribution in [1.29, 1.82) is 0 Å². The number of nitrogens with zero attached hydrogens (tertiary/aromatic N) is 2. The summed E-state index contributed by atoms with van der Waals surface area (Å²) >= 11 is 0. The maximum absolute atomic E-state index is 11.5. The number of likely N-dealkylation sites (tertiary alicyclic amines) is 1. The molecule has 1 aromatic heterocycles. The molecule has 3 heterocycles. The van der Waals surface area contributed by atoms with E-state index in [1.54, 1.807) is 24.3 Å². The molecule has 4 aromatic rings. The molecule has 3 aromatic carbocycles. The van der Waals surface area contributed by atoms with E-state index < -0.39 is 36.7 Å². The van der Waals surface area contributed by atoms with Gasteiger partial charge in [0.25, 0.3) is 0 Å². The third kappa shape index (κ3) is 7.24. The number of rotatable bonds is 10. The molecule has 0 radical (unpaired) electrons. The van der Waals surface area contributed by atoms with E-state index in [1.165, 1.54) is 25.7 Å². The molecule has 0 bridgehead atoms. The Morgan fingerprint density at radius 3 is 2.23 bits per heavy atom. The van der Waals surface area contributed by atoms with Crippen molar-refractivity contribution in [3.05, 3.63) is 77.9 Å². The van der Waals surface area contributed by atoms with Crippen molar-refractivity contribution in [2.75, 3.05) is 26.2 Å². The number of hydrogen-bond acceptors (Lipinski definition) is 9. The molecule has 250 valence electrons. The number of aromatic hydroxyl groups is 1. The molecule has 2 aliphatic rings. The molecular weight excluding hydrogens is 604 g/mol. The molecule has 0 saturated carbocycles. The number of carboxylic acid groups (broad SMARTS) is 1. The van der Waals surface area contributed by atoms with Gasteiger partial charge in [0.2, 0.25) is 6.29 Å². The number of aryl methyl sites for hydroxylation is 1. The number of ether oxygens (including phenoxy) is 3. The standard InChI is InChI=1S/C36H42N2O9/c1-22-28-20-25(39)10-15-29(28)38(21-23-6-11-26(12-7-23)45-19-18-37-16-4-2-3-5-17-37)30(22)24-8-13-27(14-9-24)46-36-33(42)31(40)32(41)34(47-36)35(43)44/h6-15,20,31-34,36,39-42H,2-5,16-19,21H2,1H3,(H,43,44)/t31-,32+,33+,34+,36-/m1/s1. The van der Waals surface area contributed by atoms with Crippen LogP contribution in [0.3, 0.4) is 0 Å². The summed E-state index contributed by atoms with van der Waals surface area (Å²) in [6.07, 6.45) is -3.33. The number of carboxylic acids is 1. The molecule has 0 aliphatic carbocycles. The van der Waals surface area contributed by atoms with Gasteiger partial charge in [0.05, 0.1) is 5.69 Å². The van der Waals surface area contributed by atoms with Crippen LogP contribution < -0.4 is 9.47 Å². The Bertz CT molecular complexity index is 1660. The van der Waals surface area contributed by atoms with Crippen molar-refractivity contribution in [3.63, 3.8) is 0 Å². The summed E-state index contributed by atoms with van der Waals surface area (Å²) in [6, 6.07) is 20.5. The Hall–Kier alpha value is -4.13. The highest BCUT2D eigenvalue weighted by molar-refractivity contribution is 5.92. The fraction of sp³-hybridized carbons (Fsp3) is 0.417. The molecule has 0 unspecified atom stereocenters. The van der Waals surface area contributed by atoms with Crippen LogP contribution in [0.4, 0.5) is 0 Å². The van der Waals surface area contributed by atoms with Crippen molar-refractivity contribution < 1.29 is 44.5 Å². The summed E-state index contributed by atoms with van der Waals surface area (Å²) in [4.78, 5) is 14.0. The number of benzene rings is 3. The van der Waals surface area contributed by atoms with Gasteiger partial charge >= 0.3 is 5.97 Å². The van der Waals surface area contributed by atoms with E-state index in [4.69, 9.17) is 14.2 Å². The maximum Gasteiger partial charge on any atom is 0.335 e. The number of carbonyl (C=O) groups is 1. The zero-order valence-electron chi connectivity index (χ0n) is 26.4. The second kappa shape index (κ2) is 14.3. The van der Waals surface area contributed by atoms with E-state index in [1.807, 2.05) is 37.3 Å². The maximum atomic E-state index is 11.5. The Kier molecular flexibility index (Phi) is 10.00. The lowest BCUT2D eigenvalue weighted by molar-refractivity contribution is -0.271. The minimum absolute atomic E-state index is 0.174. The molecule has 11 nitrogen and oxygen atoms in total. The first-order valence-corrected chi connectivity index (χ1v) is 16.1. The summed E-state index contributed by atoms with van der Waals surface area (Å²) in [6.45, 7) is 6.44. The lowest BCUT2D eigenvalue weighted by Gasteiger charge is -2.38. The van der Waals surface area contributed by atoms with Gasteiger partial charge in [-0.1, -0.05) is 25.0 Å². The molecule has 47 heavy (non-hydrogen) atoms. The number of aliphatic hydroxyl groups is 3. The summed E-state index contributed by atoms with van der Waals surface area (Å²) in [5, 5.41) is 51.0. The van der Waals surface area contributed by atoms with E-state index in [0.29, 0.717) is 13.2 Å². The highest BCUT2D eigenvalue weighted by Gasteiger charge is 2.48. The first-order valence-electron chi connectivity index (χ1n) is 16.1. The van der Waals surface area contributed by atoms with Crippen LogP contribution in [0.15, 0.2) is 66.7 Å². The first-order chi connectivity index (χ1) is 22.7. The fourth-order valence-corrected chi connectivity index (χ4v) is 6.55. The van der Waals surface area contributed by atoms with E-state index in [2.05, 4.69) is 21.6 Å². The number of aromatic nitrogens is 1. The lowest BCUT2D eigenvalue weighted by Crippen LogP contribution is -2.61. The smallest absolute Gasteiger partial charge is 0.335 e. The van der Waals surface area contributed by atoms with E-state index >= 15 is 0 Å². The van der Waals surface area contributed by atoms with Gasteiger partial charge in [0.15, 0.2) is 6.10 Å². The molecule has 2 saturated heterocycles. The molecule has 5 N–H and O–H groups in total. The van der Waals surface area contributed by atoms with Gasteiger partial charge in [0.1, 0.15) is 42.2 Å². The van der Waals surface area contributed by atoms with Crippen molar-refractivity contribution in [2.45, 2.75) is 69.9 Å². The Labute approximate surface area is 273 Å². The average molecular weight is 647 g/mol. The molecular formula is C36H42N2O9. The van der Waals surface area contributed by atoms with Gasteiger partial charge in [-0.25, -0.2) is 4.79 Å². The highest BCUT2D eigenvalue weighted by Crippen LogP contribution is 2.37. The topological polar surface area (TPSA) is 154 Å². The summed E-state index contributed by atoms with van der Waals surface area (Å²) in [7, 11) is 0. The Balaban J connectivity index is 1.20. The van der Waals surface area contributed by atoms with Crippen molar-refractivity contribution in [2.24, 2.45) is 0 Å². The van der Waals surface area contributed by atoms with Crippen LogP contribution in [0.5, 0.6) is 17.2 Å². The van der Waals surface area contributed by atoms with Gasteiger partial charge in [-0.3, -0.25) is 4.90 Å². The lowest BCUT2D eigenvalue weighted by atomic mass is 9.99. The minimum atomic E-state index is -1.80. The van der Waals surface area contributed by atoms with Gasteiger partial charge < -0.3 is 44.3 Å². The number of aliphatic hydroxyl groups excluding tert-OH is 3. The largest absolute Gasteiger partial charge is 0.508 e. The van der Waals surface area contributed by atoms with Gasteiger partial charge in [-0.2, -0.15) is 0 Å². The number of phenols is 1. The summed E-state index contributed by atoms with van der Waals surface area (Å²) in [5.41, 5.74) is 4.81. The van der Waals surface area contributed by atoms with Crippen LogP contribution in [0.2, 0.25) is 0 Å². The Morgan fingerprint density at radius 1 is 0.872 bits per heavy atom. The van der Waals surface area contributed by atoms with Crippen LogP contribution in [-0.2, 0) is 16.1 Å². The SMILES string of the molecule is Cc1c(-c2ccc(O[C@@H]3O[C@H](C(=O)O)[C@@H](O)[C@@H](O)[C@@H]3O)cc2)n(Cc2ccc(OCCN3CCCCCC3)cc2)c2ccc(O)cc12. The normalized spacial score (nSPS) is 23.8. The van der Waals surface area contributed by atoms with Gasteiger partial charge in [0, 0.05) is 24.0 Å². The van der Waals surface area contributed by atoms with Gasteiger partial charge in [-0.15, -0.1) is 0 Å². The predicted molar refractivity (Wildman–Crippen MR) is 175 cm³/mol. The molecule has 2 aliphatic heterocycles.